The number of amides is 4. The van der Waals surface area contributed by atoms with Crippen LogP contribution in [0.3, 0.4) is 0 Å². The van der Waals surface area contributed by atoms with Gasteiger partial charge in [-0.1, -0.05) is 88.4 Å². The lowest BCUT2D eigenvalue weighted by Gasteiger charge is -2.28. The van der Waals surface area contributed by atoms with E-state index in [4.69, 9.17) is 9.72 Å². The lowest BCUT2D eigenvalue weighted by atomic mass is 9.88. The maximum Gasteiger partial charge on any atom is 0.407 e. The number of likely N-dealkylation sites (tertiary alicyclic amines) is 1. The molecule has 16 heteroatoms. The highest BCUT2D eigenvalue weighted by atomic mass is 19.3. The van der Waals surface area contributed by atoms with E-state index in [-0.39, 0.29) is 34.9 Å². The number of imidazole rings is 2. The summed E-state index contributed by atoms with van der Waals surface area (Å²) in [6.45, 7) is 8.39. The molecule has 8 rings (SSSR count). The smallest absolute Gasteiger partial charge is 0.407 e. The van der Waals surface area contributed by atoms with Gasteiger partial charge in [-0.2, -0.15) is 8.78 Å². The minimum atomic E-state index is -3.28. The number of benzene rings is 4. The first-order chi connectivity index (χ1) is 31.1. The molecule has 5 N–H and O–H groups in total. The Bertz CT molecular complexity index is 2770. The average molecular weight is 887 g/mol. The molecule has 1 aliphatic carbocycles. The fourth-order valence-electron chi connectivity index (χ4n) is 8.80. The third kappa shape index (κ3) is 9.02. The maximum atomic E-state index is 16.5. The topological polar surface area (TPSA) is 183 Å². The van der Waals surface area contributed by atoms with Gasteiger partial charge in [-0.3, -0.25) is 9.59 Å². The SMILES string of the molecule is COC(=O)N[C@H](C(=O)NCC(C)(C)Cc1ncc(-c2ccc3c(c2)C(F)(F)c2cc(-c4ccc5nc([C@@H]6CCCN6C(=O)[C@H](NC(=O)OC)c6ccccc6)[nH]c5c4)ccc2-3)[nH]1)C(C)C. The first-order valence-corrected chi connectivity index (χ1v) is 21.6. The van der Waals surface area contributed by atoms with Crippen molar-refractivity contribution in [2.24, 2.45) is 11.3 Å². The van der Waals surface area contributed by atoms with Gasteiger partial charge in [0.1, 0.15) is 23.7 Å². The van der Waals surface area contributed by atoms with Gasteiger partial charge in [0, 0.05) is 36.2 Å². The Kier molecular flexibility index (Phi) is 12.2. The summed E-state index contributed by atoms with van der Waals surface area (Å²) in [4.78, 5) is 68.8. The molecule has 1 saturated heterocycles. The minimum Gasteiger partial charge on any atom is -0.453 e. The number of aromatic nitrogens is 4. The standard InChI is InChI=1S/C49H52F2N8O6/c1-27(2)41(57-46(62)64-5)44(60)53-26-48(3,4)24-40-52-25-38(54-40)31-15-18-33-32-17-14-29(21-34(32)49(50,51)35(33)22-31)30-16-19-36-37(23-30)56-43(55-36)39-13-10-20-59(39)45(61)42(58-47(63)65-6)28-11-8-7-9-12-28/h7-9,11-12,14-19,21-23,25,27,39,41-42H,10,13,20,24,26H2,1-6H3,(H,52,54)(H,53,60)(H,55,56)(H,57,62)(H,58,63)/t39-,41-,42+/m0/s1. The highest BCUT2D eigenvalue weighted by Gasteiger charge is 2.45. The number of nitrogens with zero attached hydrogens (tertiary/aromatic N) is 3. The molecule has 65 heavy (non-hydrogen) atoms. The van der Waals surface area contributed by atoms with Crippen LogP contribution in [0.1, 0.15) is 81.0 Å². The van der Waals surface area contributed by atoms with Gasteiger partial charge in [-0.05, 0) is 76.3 Å². The molecule has 14 nitrogen and oxygen atoms in total. The van der Waals surface area contributed by atoms with Gasteiger partial charge in [0.15, 0.2) is 0 Å². The summed E-state index contributed by atoms with van der Waals surface area (Å²) in [6.07, 6.45) is 2.09. The van der Waals surface area contributed by atoms with Crippen molar-refractivity contribution in [2.45, 2.75) is 71.0 Å². The van der Waals surface area contributed by atoms with Crippen LogP contribution in [-0.2, 0) is 31.4 Å². The van der Waals surface area contributed by atoms with E-state index in [9.17, 15) is 19.2 Å². The van der Waals surface area contributed by atoms with E-state index >= 15 is 8.78 Å². The molecule has 0 saturated carbocycles. The fraction of sp³-hybridized carbons (Fsp3) is 0.347. The Morgan fingerprint density at radius 2 is 1.51 bits per heavy atom. The van der Waals surface area contributed by atoms with Gasteiger partial charge in [-0.25, -0.2) is 19.6 Å². The number of aromatic amines is 2. The zero-order valence-electron chi connectivity index (χ0n) is 37.1. The van der Waals surface area contributed by atoms with Crippen molar-refractivity contribution in [3.8, 4) is 33.5 Å². The molecule has 4 amide bonds. The molecule has 1 fully saturated rings. The maximum absolute atomic E-state index is 16.5. The first kappa shape index (κ1) is 44.5. The Balaban J connectivity index is 0.971. The molecule has 338 valence electrons. The number of carbonyl (C=O) groups excluding carboxylic acids is 4. The molecule has 6 aromatic rings. The van der Waals surface area contributed by atoms with Crippen LogP contribution in [0.15, 0.2) is 91.1 Å². The van der Waals surface area contributed by atoms with E-state index < -0.39 is 35.6 Å². The molecule has 2 aliphatic rings. The first-order valence-electron chi connectivity index (χ1n) is 21.6. The Morgan fingerprint density at radius 3 is 2.20 bits per heavy atom. The van der Waals surface area contributed by atoms with E-state index in [0.717, 1.165) is 12.0 Å². The van der Waals surface area contributed by atoms with Gasteiger partial charge in [-0.15, -0.1) is 0 Å². The van der Waals surface area contributed by atoms with Gasteiger partial charge in [0.05, 0.1) is 43.2 Å². The van der Waals surface area contributed by atoms with E-state index in [2.05, 4.69) is 35.6 Å². The Morgan fingerprint density at radius 1 is 0.862 bits per heavy atom. The van der Waals surface area contributed by atoms with Crippen molar-refractivity contribution in [3.05, 3.63) is 119 Å². The molecular weight excluding hydrogens is 835 g/mol. The lowest BCUT2D eigenvalue weighted by molar-refractivity contribution is -0.134. The Labute approximate surface area is 374 Å². The monoisotopic (exact) mass is 886 g/mol. The summed E-state index contributed by atoms with van der Waals surface area (Å²) in [5.74, 6) is -2.81. The molecule has 3 atom stereocenters. The second-order valence-corrected chi connectivity index (χ2v) is 17.8. The molecule has 1 aliphatic heterocycles. The molecule has 2 aromatic heterocycles. The van der Waals surface area contributed by atoms with Gasteiger partial charge in [0.25, 0.3) is 11.8 Å². The number of alkyl halides is 2. The Hall–Kier alpha value is -7.10. The van der Waals surface area contributed by atoms with E-state index in [1.54, 1.807) is 59.6 Å². The van der Waals surface area contributed by atoms with Crippen LogP contribution in [-0.4, -0.2) is 82.2 Å². The summed E-state index contributed by atoms with van der Waals surface area (Å²) < 4.78 is 42.5. The molecule has 0 radical (unpaired) electrons. The molecule has 0 unspecified atom stereocenters. The summed E-state index contributed by atoms with van der Waals surface area (Å²) in [7, 11) is 2.49. The predicted octanol–water partition coefficient (Wildman–Crippen LogP) is 8.57. The molecular formula is C49H52F2N8O6. The number of H-pyrrole nitrogens is 2. The van der Waals surface area contributed by atoms with Gasteiger partial charge < -0.3 is 40.3 Å². The van der Waals surface area contributed by atoms with Crippen molar-refractivity contribution in [1.82, 2.24) is 40.8 Å². The molecule has 4 aromatic carbocycles. The van der Waals surface area contributed by atoms with E-state index in [1.165, 1.54) is 20.3 Å². The predicted molar refractivity (Wildman–Crippen MR) is 241 cm³/mol. The lowest BCUT2D eigenvalue weighted by Crippen LogP contribution is -2.51. The second kappa shape index (κ2) is 17.8. The van der Waals surface area contributed by atoms with E-state index in [1.807, 2.05) is 58.0 Å². The minimum absolute atomic E-state index is 0.0863. The number of methoxy groups -OCH3 is 2. The average Bonchev–Trinajstić information content (AvgIpc) is 4.11. The van der Waals surface area contributed by atoms with Crippen molar-refractivity contribution < 1.29 is 37.4 Å². The highest BCUT2D eigenvalue weighted by molar-refractivity contribution is 5.89. The third-order valence-corrected chi connectivity index (χ3v) is 12.3. The number of fused-ring (bicyclic) bond motifs is 4. The second-order valence-electron chi connectivity index (χ2n) is 17.8. The zero-order chi connectivity index (χ0) is 46.2. The number of halogens is 2. The normalized spacial score (nSPS) is 16.1. The fourth-order valence-corrected chi connectivity index (χ4v) is 8.80. The number of hydrogen-bond donors (Lipinski definition) is 5. The largest absolute Gasteiger partial charge is 0.453 e. The molecule has 0 bridgehead atoms. The third-order valence-electron chi connectivity index (χ3n) is 12.3. The number of nitrogens with one attached hydrogen (secondary N) is 5. The van der Waals surface area contributed by atoms with Crippen molar-refractivity contribution in [2.75, 3.05) is 27.3 Å². The van der Waals surface area contributed by atoms with Crippen LogP contribution in [0.2, 0.25) is 0 Å². The van der Waals surface area contributed by atoms with Crippen LogP contribution in [0, 0.1) is 11.3 Å². The van der Waals surface area contributed by atoms with Gasteiger partial charge in [0.2, 0.25) is 5.91 Å². The number of hydrogen-bond acceptors (Lipinski definition) is 8. The summed E-state index contributed by atoms with van der Waals surface area (Å²) in [6, 6.07) is 22.7. The molecule has 0 spiro atoms. The van der Waals surface area contributed by atoms with Crippen molar-refractivity contribution >= 4 is 35.0 Å². The van der Waals surface area contributed by atoms with Crippen molar-refractivity contribution in [1.29, 1.82) is 0 Å². The van der Waals surface area contributed by atoms with Crippen LogP contribution < -0.4 is 16.0 Å². The van der Waals surface area contributed by atoms with E-state index in [0.29, 0.717) is 82.1 Å². The summed E-state index contributed by atoms with van der Waals surface area (Å²) in [5, 5.41) is 8.19. The van der Waals surface area contributed by atoms with Crippen LogP contribution in [0.5, 0.6) is 0 Å². The van der Waals surface area contributed by atoms with Crippen molar-refractivity contribution in [3.63, 3.8) is 0 Å². The molecule has 3 heterocycles. The summed E-state index contributed by atoms with van der Waals surface area (Å²) in [5.41, 5.74) is 4.78. The van der Waals surface area contributed by atoms with Gasteiger partial charge >= 0.3 is 12.2 Å². The van der Waals surface area contributed by atoms with Crippen LogP contribution in [0.4, 0.5) is 18.4 Å². The van der Waals surface area contributed by atoms with Crippen LogP contribution in [0.25, 0.3) is 44.5 Å². The number of rotatable bonds is 13. The summed E-state index contributed by atoms with van der Waals surface area (Å²) >= 11 is 0. The van der Waals surface area contributed by atoms with Crippen LogP contribution >= 0.6 is 0 Å². The number of alkyl carbamates (subject to hydrolysis) is 2. The number of ether oxygens (including phenoxy) is 2. The highest BCUT2D eigenvalue weighted by Crippen LogP contribution is 2.52. The quantitative estimate of drug-likeness (QED) is 0.0764. The number of carbonyl (C=O) groups is 4. The zero-order valence-corrected chi connectivity index (χ0v) is 37.1.